The van der Waals surface area contributed by atoms with Crippen molar-refractivity contribution in [2.75, 3.05) is 37.3 Å². The van der Waals surface area contributed by atoms with Crippen molar-refractivity contribution in [2.45, 2.75) is 34.8 Å². The Morgan fingerprint density at radius 3 is 2.25 bits per heavy atom. The molecule has 1 saturated heterocycles. The van der Waals surface area contributed by atoms with Crippen molar-refractivity contribution in [1.29, 1.82) is 0 Å². The summed E-state index contributed by atoms with van der Waals surface area (Å²) in [6, 6.07) is 12.5. The van der Waals surface area contributed by atoms with Gasteiger partial charge in [-0.1, -0.05) is 18.2 Å². The second kappa shape index (κ2) is 10.2. The van der Waals surface area contributed by atoms with Crippen LogP contribution in [-0.2, 0) is 19.7 Å². The third kappa shape index (κ3) is 5.55. The van der Waals surface area contributed by atoms with Gasteiger partial charge in [-0.3, -0.25) is 4.79 Å². The molecule has 0 radical (unpaired) electrons. The molecule has 0 unspecified atom stereocenters. The number of ether oxygens (including phenoxy) is 1. The molecule has 0 atom stereocenters. The zero-order valence-corrected chi connectivity index (χ0v) is 22.6. The zero-order chi connectivity index (χ0) is 26.1. The van der Waals surface area contributed by atoms with Crippen LogP contribution in [0, 0.1) is 0 Å². The van der Waals surface area contributed by atoms with Crippen molar-refractivity contribution in [3.8, 4) is 5.75 Å². The van der Waals surface area contributed by atoms with Crippen LogP contribution in [0.4, 0.5) is 5.13 Å². The van der Waals surface area contributed by atoms with E-state index in [0.29, 0.717) is 37.1 Å². The highest BCUT2D eigenvalue weighted by Gasteiger charge is 2.28. The van der Waals surface area contributed by atoms with Crippen molar-refractivity contribution in [3.05, 3.63) is 59.5 Å². The number of carbonyl (C=O) groups is 1. The molecule has 1 aliphatic heterocycles. The lowest BCUT2D eigenvalue weighted by atomic mass is 10.1. The van der Waals surface area contributed by atoms with E-state index in [4.69, 9.17) is 4.74 Å². The van der Waals surface area contributed by atoms with E-state index >= 15 is 0 Å². The molecule has 1 aliphatic rings. The van der Waals surface area contributed by atoms with E-state index in [1.807, 2.05) is 18.7 Å². The van der Waals surface area contributed by atoms with Gasteiger partial charge in [0.15, 0.2) is 20.0 Å². The Hall–Kier alpha value is -2.96. The summed E-state index contributed by atoms with van der Waals surface area (Å²) < 4.78 is 55.6. The number of rotatable bonds is 7. The number of hydrogen-bond acceptors (Lipinski definition) is 9. The van der Waals surface area contributed by atoms with Gasteiger partial charge in [-0.25, -0.2) is 21.8 Å². The van der Waals surface area contributed by atoms with Crippen molar-refractivity contribution in [2.24, 2.45) is 0 Å². The van der Waals surface area contributed by atoms with Crippen LogP contribution in [0.5, 0.6) is 5.75 Å². The van der Waals surface area contributed by atoms with Gasteiger partial charge in [0.25, 0.3) is 5.91 Å². The van der Waals surface area contributed by atoms with Crippen LogP contribution >= 0.6 is 11.3 Å². The van der Waals surface area contributed by atoms with Gasteiger partial charge in [-0.05, 0) is 44.2 Å². The topological polar surface area (TPSA) is 114 Å². The normalized spacial score (nSPS) is 14.8. The Bertz CT molecular complexity index is 1460. The first-order chi connectivity index (χ1) is 17.0. The van der Waals surface area contributed by atoms with Gasteiger partial charge in [-0.15, -0.1) is 11.3 Å². The van der Waals surface area contributed by atoms with Crippen molar-refractivity contribution in [3.63, 3.8) is 0 Å². The molecule has 0 saturated carbocycles. The van der Waals surface area contributed by atoms with E-state index < -0.39 is 19.7 Å². The number of carbonyl (C=O) groups excluding carboxylic acids is 1. The van der Waals surface area contributed by atoms with Crippen molar-refractivity contribution >= 4 is 42.1 Å². The summed E-state index contributed by atoms with van der Waals surface area (Å²) in [7, 11) is -7.20. The lowest BCUT2D eigenvalue weighted by Crippen LogP contribution is -2.48. The molecule has 1 fully saturated rings. The number of sulfone groups is 2. The largest absolute Gasteiger partial charge is 0.490 e. The monoisotopic (exact) mass is 549 g/mol. The molecule has 2 aromatic carbocycles. The lowest BCUT2D eigenvalue weighted by Gasteiger charge is -2.35. The van der Waals surface area contributed by atoms with Gasteiger partial charge < -0.3 is 14.5 Å². The molecule has 36 heavy (non-hydrogen) atoms. The number of amides is 1. The second-order valence-corrected chi connectivity index (χ2v) is 13.4. The van der Waals surface area contributed by atoms with Crippen LogP contribution in [0.1, 0.15) is 24.2 Å². The first kappa shape index (κ1) is 26.1. The van der Waals surface area contributed by atoms with Gasteiger partial charge in [0.05, 0.1) is 21.5 Å². The van der Waals surface area contributed by atoms with Crippen molar-refractivity contribution in [1.82, 2.24) is 9.88 Å². The second-order valence-electron chi connectivity index (χ2n) is 8.66. The van der Waals surface area contributed by atoms with Crippen molar-refractivity contribution < 1.29 is 26.4 Å². The SMILES string of the molecule is CC(C)Oc1ccc(S(C)(=O)=O)cc1C(=O)N1CCN(c2nc(S(=O)(=O)c3ccccc3)cs2)CC1. The van der Waals surface area contributed by atoms with Gasteiger partial charge in [-0.2, -0.15) is 0 Å². The molecule has 0 N–H and O–H groups in total. The summed E-state index contributed by atoms with van der Waals surface area (Å²) in [5.41, 5.74) is 0.200. The lowest BCUT2D eigenvalue weighted by molar-refractivity contribution is 0.0740. The van der Waals surface area contributed by atoms with E-state index in [1.54, 1.807) is 23.1 Å². The molecule has 1 amide bonds. The average molecular weight is 550 g/mol. The Kier molecular flexibility index (Phi) is 7.39. The Morgan fingerprint density at radius 1 is 0.972 bits per heavy atom. The highest BCUT2D eigenvalue weighted by atomic mass is 32.2. The number of hydrogen-bond donors (Lipinski definition) is 0. The number of nitrogens with zero attached hydrogens (tertiary/aromatic N) is 3. The molecular formula is C24H27N3O6S3. The van der Waals surface area contributed by atoms with Crippen LogP contribution in [0.2, 0.25) is 0 Å². The van der Waals surface area contributed by atoms with E-state index in [2.05, 4.69) is 4.98 Å². The minimum Gasteiger partial charge on any atom is -0.490 e. The fraction of sp³-hybridized carbons (Fsp3) is 0.333. The van der Waals surface area contributed by atoms with Crippen LogP contribution < -0.4 is 9.64 Å². The Balaban J connectivity index is 1.50. The van der Waals surface area contributed by atoms with Gasteiger partial charge in [0, 0.05) is 37.8 Å². The Labute approximate surface area is 215 Å². The molecule has 3 aromatic rings. The van der Waals surface area contributed by atoms with E-state index in [1.165, 1.54) is 47.0 Å². The fourth-order valence-corrected chi connectivity index (χ4v) is 6.84. The first-order valence-electron chi connectivity index (χ1n) is 11.3. The molecule has 9 nitrogen and oxygen atoms in total. The van der Waals surface area contributed by atoms with E-state index in [9.17, 15) is 21.6 Å². The molecule has 12 heteroatoms. The van der Waals surface area contributed by atoms with Gasteiger partial charge in [0.2, 0.25) is 9.84 Å². The summed E-state index contributed by atoms with van der Waals surface area (Å²) >= 11 is 1.24. The van der Waals surface area contributed by atoms with Gasteiger partial charge >= 0.3 is 0 Å². The zero-order valence-electron chi connectivity index (χ0n) is 20.1. The number of aromatic nitrogens is 1. The average Bonchev–Trinajstić information content (AvgIpc) is 3.35. The Morgan fingerprint density at radius 2 is 1.64 bits per heavy atom. The smallest absolute Gasteiger partial charge is 0.257 e. The number of piperazine rings is 1. The molecule has 192 valence electrons. The summed E-state index contributed by atoms with van der Waals surface area (Å²) in [4.78, 5) is 21.5. The summed E-state index contributed by atoms with van der Waals surface area (Å²) in [6.07, 6.45) is 0.905. The minimum absolute atomic E-state index is 0.000252. The third-order valence-electron chi connectivity index (χ3n) is 5.61. The van der Waals surface area contributed by atoms with Crippen LogP contribution in [0.25, 0.3) is 0 Å². The minimum atomic E-state index is -3.70. The molecule has 1 aromatic heterocycles. The predicted octanol–water partition coefficient (Wildman–Crippen LogP) is 3.13. The number of anilines is 1. The molecule has 0 spiro atoms. The maximum Gasteiger partial charge on any atom is 0.257 e. The number of thiazole rings is 1. The van der Waals surface area contributed by atoms with E-state index in [0.717, 1.165) is 6.26 Å². The standard InChI is InChI=1S/C24H27N3O6S3/c1-17(2)33-21-10-9-19(35(3,29)30)15-20(21)23(28)26-11-13-27(14-12-26)24-25-22(16-34-24)36(31,32)18-7-5-4-6-8-18/h4-10,15-17H,11-14H2,1-3H3. The highest BCUT2D eigenvalue weighted by molar-refractivity contribution is 7.91. The van der Waals surface area contributed by atoms with Crippen LogP contribution in [-0.4, -0.2) is 71.2 Å². The first-order valence-corrected chi connectivity index (χ1v) is 15.5. The van der Waals surface area contributed by atoms with E-state index in [-0.39, 0.29) is 32.4 Å². The molecular weight excluding hydrogens is 522 g/mol. The summed E-state index contributed by atoms with van der Waals surface area (Å²) in [6.45, 7) is 5.30. The molecule has 2 heterocycles. The third-order valence-corrected chi connectivity index (χ3v) is 9.42. The maximum atomic E-state index is 13.4. The molecule has 0 aliphatic carbocycles. The van der Waals surface area contributed by atoms with Gasteiger partial charge in [0.1, 0.15) is 5.75 Å². The van der Waals surface area contributed by atoms with Crippen LogP contribution in [0.15, 0.2) is 68.7 Å². The maximum absolute atomic E-state index is 13.4. The quantitative estimate of drug-likeness (QED) is 0.442. The molecule has 4 rings (SSSR count). The summed E-state index contributed by atoms with van der Waals surface area (Å²) in [5.74, 6) is 0.0165. The highest BCUT2D eigenvalue weighted by Crippen LogP contribution is 2.29. The number of benzene rings is 2. The van der Waals surface area contributed by atoms with Crippen LogP contribution in [0.3, 0.4) is 0 Å². The fourth-order valence-electron chi connectivity index (χ4n) is 3.77. The molecule has 0 bridgehead atoms. The predicted molar refractivity (Wildman–Crippen MR) is 137 cm³/mol. The summed E-state index contributed by atoms with van der Waals surface area (Å²) in [5, 5.41) is 2.10.